The number of hydrogen-bond donors (Lipinski definition) is 1. The van der Waals surface area contributed by atoms with Crippen molar-refractivity contribution in [2.24, 2.45) is 11.8 Å². The van der Waals surface area contributed by atoms with Gasteiger partial charge in [-0.05, 0) is 51.9 Å². The number of rotatable bonds is 6. The van der Waals surface area contributed by atoms with Crippen molar-refractivity contribution in [2.75, 3.05) is 7.11 Å². The van der Waals surface area contributed by atoms with Crippen molar-refractivity contribution in [1.29, 1.82) is 0 Å². The molecule has 17 heavy (non-hydrogen) atoms. The zero-order valence-electron chi connectivity index (χ0n) is 12.5. The van der Waals surface area contributed by atoms with Crippen molar-refractivity contribution in [3.05, 3.63) is 0 Å². The Hall–Kier alpha value is -0.0800. The van der Waals surface area contributed by atoms with Gasteiger partial charge in [-0.15, -0.1) is 0 Å². The lowest BCUT2D eigenvalue weighted by Crippen LogP contribution is -2.42. The van der Waals surface area contributed by atoms with Gasteiger partial charge in [0.15, 0.2) is 0 Å². The number of nitrogens with one attached hydrogen (secondary N) is 1. The van der Waals surface area contributed by atoms with Crippen molar-refractivity contribution in [3.63, 3.8) is 0 Å². The van der Waals surface area contributed by atoms with Gasteiger partial charge in [0, 0.05) is 19.2 Å². The van der Waals surface area contributed by atoms with E-state index in [1.165, 1.54) is 19.3 Å². The van der Waals surface area contributed by atoms with E-state index in [9.17, 15) is 0 Å². The van der Waals surface area contributed by atoms with Crippen LogP contribution in [0.4, 0.5) is 0 Å². The Bertz CT molecular complexity index is 227. The summed E-state index contributed by atoms with van der Waals surface area (Å²) in [6.07, 6.45) is 5.15. The van der Waals surface area contributed by atoms with Gasteiger partial charge in [-0.25, -0.2) is 0 Å². The van der Waals surface area contributed by atoms with Crippen LogP contribution in [0.5, 0.6) is 0 Å². The van der Waals surface area contributed by atoms with Crippen molar-refractivity contribution in [2.45, 2.75) is 78.0 Å². The van der Waals surface area contributed by atoms with E-state index in [2.05, 4.69) is 39.9 Å². The molecule has 1 saturated carbocycles. The van der Waals surface area contributed by atoms with E-state index in [0.29, 0.717) is 12.1 Å². The zero-order chi connectivity index (χ0) is 13.1. The third-order valence-electron chi connectivity index (χ3n) is 4.60. The second kappa shape index (κ2) is 6.19. The van der Waals surface area contributed by atoms with Crippen LogP contribution in [-0.4, -0.2) is 24.8 Å². The SMILES string of the molecule is CCC1CCC(NC(C)CC(C)(C)OC)C1C. The Morgan fingerprint density at radius 1 is 1.35 bits per heavy atom. The molecule has 0 amide bonds. The third-order valence-corrected chi connectivity index (χ3v) is 4.60. The molecule has 4 atom stereocenters. The lowest BCUT2D eigenvalue weighted by atomic mass is 9.92. The highest BCUT2D eigenvalue weighted by molar-refractivity contribution is 4.88. The molecule has 0 radical (unpaired) electrons. The molecule has 0 aromatic heterocycles. The van der Waals surface area contributed by atoms with Crippen LogP contribution < -0.4 is 5.32 Å². The van der Waals surface area contributed by atoms with E-state index in [1.54, 1.807) is 7.11 Å². The predicted octanol–water partition coefficient (Wildman–Crippen LogP) is 3.60. The first kappa shape index (κ1) is 15.0. The van der Waals surface area contributed by atoms with E-state index in [1.807, 2.05) is 0 Å². The lowest BCUT2D eigenvalue weighted by molar-refractivity contribution is 0.00724. The van der Waals surface area contributed by atoms with Crippen LogP contribution in [0.15, 0.2) is 0 Å². The Labute approximate surface area is 108 Å². The molecule has 1 rings (SSSR count). The molecule has 4 unspecified atom stereocenters. The highest BCUT2D eigenvalue weighted by Gasteiger charge is 2.32. The highest BCUT2D eigenvalue weighted by atomic mass is 16.5. The molecule has 0 heterocycles. The average molecular weight is 241 g/mol. The fraction of sp³-hybridized carbons (Fsp3) is 1.00. The summed E-state index contributed by atoms with van der Waals surface area (Å²) in [6.45, 7) is 11.3. The van der Waals surface area contributed by atoms with Gasteiger partial charge < -0.3 is 10.1 Å². The van der Waals surface area contributed by atoms with Crippen molar-refractivity contribution < 1.29 is 4.74 Å². The molecule has 2 nitrogen and oxygen atoms in total. The van der Waals surface area contributed by atoms with E-state index in [4.69, 9.17) is 4.74 Å². The van der Waals surface area contributed by atoms with Gasteiger partial charge in [0.2, 0.25) is 0 Å². The summed E-state index contributed by atoms with van der Waals surface area (Å²) in [4.78, 5) is 0. The molecular weight excluding hydrogens is 210 g/mol. The van der Waals surface area contributed by atoms with Crippen LogP contribution >= 0.6 is 0 Å². The molecule has 0 bridgehead atoms. The number of methoxy groups -OCH3 is 1. The Balaban J connectivity index is 2.39. The summed E-state index contributed by atoms with van der Waals surface area (Å²) in [5, 5.41) is 3.80. The lowest BCUT2D eigenvalue weighted by Gasteiger charge is -2.30. The van der Waals surface area contributed by atoms with Crippen LogP contribution in [0.1, 0.15) is 60.3 Å². The number of ether oxygens (including phenoxy) is 1. The van der Waals surface area contributed by atoms with E-state index in [-0.39, 0.29) is 5.60 Å². The van der Waals surface area contributed by atoms with Gasteiger partial charge in [0.1, 0.15) is 0 Å². The fourth-order valence-electron chi connectivity index (χ4n) is 3.30. The molecule has 1 fully saturated rings. The van der Waals surface area contributed by atoms with Crippen LogP contribution in [0.2, 0.25) is 0 Å². The second-order valence-electron chi connectivity index (χ2n) is 6.45. The van der Waals surface area contributed by atoms with Gasteiger partial charge in [0.25, 0.3) is 0 Å². The maximum absolute atomic E-state index is 5.50. The topological polar surface area (TPSA) is 21.3 Å². The molecule has 2 heteroatoms. The molecule has 0 aromatic carbocycles. The van der Waals surface area contributed by atoms with E-state index in [0.717, 1.165) is 18.3 Å². The molecule has 0 saturated heterocycles. The number of hydrogen-bond acceptors (Lipinski definition) is 2. The van der Waals surface area contributed by atoms with Gasteiger partial charge >= 0.3 is 0 Å². The minimum absolute atomic E-state index is 0.0155. The molecular formula is C15H31NO. The largest absolute Gasteiger partial charge is 0.379 e. The minimum atomic E-state index is -0.0155. The second-order valence-corrected chi connectivity index (χ2v) is 6.45. The van der Waals surface area contributed by atoms with Gasteiger partial charge in [-0.3, -0.25) is 0 Å². The zero-order valence-corrected chi connectivity index (χ0v) is 12.5. The summed E-state index contributed by atoms with van der Waals surface area (Å²) >= 11 is 0. The monoisotopic (exact) mass is 241 g/mol. The molecule has 1 N–H and O–H groups in total. The molecule has 0 aliphatic heterocycles. The fourth-order valence-corrected chi connectivity index (χ4v) is 3.30. The maximum atomic E-state index is 5.50. The normalized spacial score (nSPS) is 31.8. The standard InChI is InChI=1S/C15H31NO/c1-7-13-8-9-14(12(13)3)16-11(2)10-15(4,5)17-6/h11-14,16H,7-10H2,1-6H3. The third kappa shape index (κ3) is 4.26. The Morgan fingerprint density at radius 2 is 2.00 bits per heavy atom. The van der Waals surface area contributed by atoms with Crippen LogP contribution in [0, 0.1) is 11.8 Å². The predicted molar refractivity (Wildman–Crippen MR) is 74.3 cm³/mol. The Kier molecular flexibility index (Phi) is 5.46. The van der Waals surface area contributed by atoms with Crippen molar-refractivity contribution >= 4 is 0 Å². The van der Waals surface area contributed by atoms with Gasteiger partial charge in [-0.1, -0.05) is 20.3 Å². The van der Waals surface area contributed by atoms with Gasteiger partial charge in [0.05, 0.1) is 5.60 Å². The summed E-state index contributed by atoms with van der Waals surface area (Å²) < 4.78 is 5.50. The first-order chi connectivity index (χ1) is 7.89. The van der Waals surface area contributed by atoms with Crippen LogP contribution in [0.25, 0.3) is 0 Å². The van der Waals surface area contributed by atoms with Crippen LogP contribution in [0.3, 0.4) is 0 Å². The van der Waals surface area contributed by atoms with Gasteiger partial charge in [-0.2, -0.15) is 0 Å². The quantitative estimate of drug-likeness (QED) is 0.767. The molecule has 0 spiro atoms. The summed E-state index contributed by atoms with van der Waals surface area (Å²) in [7, 11) is 1.80. The molecule has 1 aliphatic rings. The molecule has 1 aliphatic carbocycles. The summed E-state index contributed by atoms with van der Waals surface area (Å²) in [5.74, 6) is 1.75. The first-order valence-corrected chi connectivity index (χ1v) is 7.20. The highest BCUT2D eigenvalue weighted by Crippen LogP contribution is 2.34. The van der Waals surface area contributed by atoms with E-state index < -0.39 is 0 Å². The van der Waals surface area contributed by atoms with Crippen molar-refractivity contribution in [1.82, 2.24) is 5.32 Å². The maximum Gasteiger partial charge on any atom is 0.0637 e. The molecule has 0 aromatic rings. The minimum Gasteiger partial charge on any atom is -0.379 e. The summed E-state index contributed by atoms with van der Waals surface area (Å²) in [5.41, 5.74) is -0.0155. The van der Waals surface area contributed by atoms with Crippen LogP contribution in [-0.2, 0) is 4.74 Å². The molecule has 102 valence electrons. The summed E-state index contributed by atoms with van der Waals surface area (Å²) in [6, 6.07) is 1.25. The first-order valence-electron chi connectivity index (χ1n) is 7.20. The Morgan fingerprint density at radius 3 is 2.47 bits per heavy atom. The smallest absolute Gasteiger partial charge is 0.0637 e. The average Bonchev–Trinajstić information content (AvgIpc) is 2.59. The van der Waals surface area contributed by atoms with E-state index >= 15 is 0 Å². The van der Waals surface area contributed by atoms with Crippen molar-refractivity contribution in [3.8, 4) is 0 Å².